The van der Waals surface area contributed by atoms with Crippen LogP contribution >= 0.6 is 0 Å². The van der Waals surface area contributed by atoms with Crippen molar-refractivity contribution < 1.29 is 13.2 Å². The lowest BCUT2D eigenvalue weighted by Crippen LogP contribution is -2.31. The maximum absolute atomic E-state index is 12.5. The molecule has 1 aliphatic heterocycles. The standard InChI is InChI=1S/C13H15N5O3S/c1-22(20,21)12-5-6-17(8-12)13(19)10-3-2-4-11(7-10)18-9-14-15-16-18/h2-4,7,9,12H,5-6,8H2,1H3. The van der Waals surface area contributed by atoms with Gasteiger partial charge < -0.3 is 4.90 Å². The first-order chi connectivity index (χ1) is 10.4. The summed E-state index contributed by atoms with van der Waals surface area (Å²) in [5.41, 5.74) is 1.16. The van der Waals surface area contributed by atoms with Gasteiger partial charge in [0.2, 0.25) is 0 Å². The van der Waals surface area contributed by atoms with Gasteiger partial charge in [0.25, 0.3) is 5.91 Å². The normalized spacial score (nSPS) is 18.6. The Hall–Kier alpha value is -2.29. The highest BCUT2D eigenvalue weighted by Crippen LogP contribution is 2.19. The van der Waals surface area contributed by atoms with Crippen LogP contribution in [-0.4, -0.2) is 64.0 Å². The van der Waals surface area contributed by atoms with Crippen molar-refractivity contribution in [3.8, 4) is 5.69 Å². The molecule has 1 saturated heterocycles. The average Bonchev–Trinajstić information content (AvgIpc) is 3.17. The molecule has 0 aliphatic carbocycles. The summed E-state index contributed by atoms with van der Waals surface area (Å²) in [5.74, 6) is -0.180. The fourth-order valence-electron chi connectivity index (χ4n) is 2.51. The third kappa shape index (κ3) is 2.84. The van der Waals surface area contributed by atoms with Gasteiger partial charge in [0.1, 0.15) is 6.33 Å². The summed E-state index contributed by atoms with van der Waals surface area (Å²) >= 11 is 0. The van der Waals surface area contributed by atoms with Gasteiger partial charge in [0.05, 0.1) is 10.9 Å². The fourth-order valence-corrected chi connectivity index (χ4v) is 3.49. The second-order valence-electron chi connectivity index (χ2n) is 5.30. The molecular weight excluding hydrogens is 306 g/mol. The molecule has 1 unspecified atom stereocenters. The molecule has 0 spiro atoms. The summed E-state index contributed by atoms with van der Waals surface area (Å²) in [6.45, 7) is 0.693. The maximum atomic E-state index is 12.5. The van der Waals surface area contributed by atoms with E-state index in [9.17, 15) is 13.2 Å². The number of aromatic nitrogens is 4. The highest BCUT2D eigenvalue weighted by atomic mass is 32.2. The molecule has 0 N–H and O–H groups in total. The Morgan fingerprint density at radius 2 is 2.18 bits per heavy atom. The van der Waals surface area contributed by atoms with Crippen LogP contribution in [0.4, 0.5) is 0 Å². The van der Waals surface area contributed by atoms with Gasteiger partial charge in [-0.05, 0) is 35.0 Å². The number of hydrogen-bond donors (Lipinski definition) is 0. The number of carbonyl (C=O) groups is 1. The fraction of sp³-hybridized carbons (Fsp3) is 0.385. The Morgan fingerprint density at radius 3 is 2.82 bits per heavy atom. The van der Waals surface area contributed by atoms with Gasteiger partial charge in [-0.15, -0.1) is 5.10 Å². The molecule has 116 valence electrons. The predicted octanol–water partition coefficient (Wildman–Crippen LogP) is -0.0786. The lowest BCUT2D eigenvalue weighted by atomic mass is 10.2. The van der Waals surface area contributed by atoms with Crippen LogP contribution in [0.5, 0.6) is 0 Å². The number of amides is 1. The van der Waals surface area contributed by atoms with Crippen molar-refractivity contribution in [2.24, 2.45) is 0 Å². The summed E-state index contributed by atoms with van der Waals surface area (Å²) in [6, 6.07) is 6.92. The van der Waals surface area contributed by atoms with E-state index >= 15 is 0 Å². The zero-order valence-electron chi connectivity index (χ0n) is 12.0. The Balaban J connectivity index is 1.80. The molecule has 22 heavy (non-hydrogen) atoms. The number of rotatable bonds is 3. The monoisotopic (exact) mass is 321 g/mol. The second kappa shape index (κ2) is 5.48. The van der Waals surface area contributed by atoms with Gasteiger partial charge in [-0.3, -0.25) is 4.79 Å². The molecular formula is C13H15N5O3S. The van der Waals surface area contributed by atoms with Crippen molar-refractivity contribution in [2.45, 2.75) is 11.7 Å². The maximum Gasteiger partial charge on any atom is 0.253 e. The average molecular weight is 321 g/mol. The Morgan fingerprint density at radius 1 is 1.36 bits per heavy atom. The molecule has 0 radical (unpaired) electrons. The third-order valence-corrected chi connectivity index (χ3v) is 5.34. The summed E-state index contributed by atoms with van der Waals surface area (Å²) in [7, 11) is -3.12. The molecule has 1 aliphatic rings. The Bertz CT molecular complexity index is 788. The lowest BCUT2D eigenvalue weighted by Gasteiger charge is -2.16. The largest absolute Gasteiger partial charge is 0.337 e. The zero-order valence-corrected chi connectivity index (χ0v) is 12.8. The quantitative estimate of drug-likeness (QED) is 0.784. The van der Waals surface area contributed by atoms with Crippen molar-refractivity contribution in [3.63, 3.8) is 0 Å². The van der Waals surface area contributed by atoms with E-state index in [1.54, 1.807) is 29.2 Å². The van der Waals surface area contributed by atoms with Crippen molar-refractivity contribution in [1.29, 1.82) is 0 Å². The van der Waals surface area contributed by atoms with Crippen LogP contribution < -0.4 is 0 Å². The molecule has 1 aromatic carbocycles. The highest BCUT2D eigenvalue weighted by Gasteiger charge is 2.32. The zero-order chi connectivity index (χ0) is 15.7. The van der Waals surface area contributed by atoms with E-state index < -0.39 is 15.1 Å². The molecule has 2 heterocycles. The van der Waals surface area contributed by atoms with Crippen molar-refractivity contribution in [2.75, 3.05) is 19.3 Å². The molecule has 8 nitrogen and oxygen atoms in total. The van der Waals surface area contributed by atoms with E-state index in [0.717, 1.165) is 0 Å². The molecule has 0 saturated carbocycles. The predicted molar refractivity (Wildman–Crippen MR) is 78.3 cm³/mol. The van der Waals surface area contributed by atoms with Crippen LogP contribution in [0.1, 0.15) is 16.8 Å². The summed E-state index contributed by atoms with van der Waals surface area (Å²) in [5, 5.41) is 10.4. The highest BCUT2D eigenvalue weighted by molar-refractivity contribution is 7.91. The van der Waals surface area contributed by atoms with Crippen LogP contribution in [0.15, 0.2) is 30.6 Å². The van der Waals surface area contributed by atoms with Gasteiger partial charge in [-0.25, -0.2) is 13.1 Å². The number of benzene rings is 1. The first kappa shape index (κ1) is 14.6. The third-order valence-electron chi connectivity index (χ3n) is 3.74. The SMILES string of the molecule is CS(=O)(=O)C1CCN(C(=O)c2cccc(-n3cnnn3)c2)C1. The molecule has 1 aromatic heterocycles. The van der Waals surface area contributed by atoms with E-state index in [1.165, 1.54) is 17.3 Å². The van der Waals surface area contributed by atoms with E-state index in [-0.39, 0.29) is 12.5 Å². The molecule has 1 fully saturated rings. The number of tetrazole rings is 1. The van der Waals surface area contributed by atoms with Gasteiger partial charge in [0.15, 0.2) is 9.84 Å². The van der Waals surface area contributed by atoms with E-state index in [0.29, 0.717) is 24.2 Å². The van der Waals surface area contributed by atoms with Crippen LogP contribution in [0.2, 0.25) is 0 Å². The number of carbonyl (C=O) groups excluding carboxylic acids is 1. The van der Waals surface area contributed by atoms with Crippen molar-refractivity contribution in [3.05, 3.63) is 36.2 Å². The van der Waals surface area contributed by atoms with Crippen molar-refractivity contribution >= 4 is 15.7 Å². The number of nitrogens with zero attached hydrogens (tertiary/aromatic N) is 5. The van der Waals surface area contributed by atoms with Crippen molar-refractivity contribution in [1.82, 2.24) is 25.1 Å². The molecule has 3 rings (SSSR count). The van der Waals surface area contributed by atoms with Crippen LogP contribution in [-0.2, 0) is 9.84 Å². The molecule has 2 aromatic rings. The van der Waals surface area contributed by atoms with Gasteiger partial charge in [0, 0.05) is 24.9 Å². The minimum Gasteiger partial charge on any atom is -0.337 e. The number of likely N-dealkylation sites (tertiary alicyclic amines) is 1. The Kier molecular flexibility index (Phi) is 3.65. The van der Waals surface area contributed by atoms with Gasteiger partial charge in [-0.2, -0.15) is 0 Å². The van der Waals surface area contributed by atoms with Crippen LogP contribution in [0.3, 0.4) is 0 Å². The molecule has 1 atom stereocenters. The minimum absolute atomic E-state index is 0.180. The number of hydrogen-bond acceptors (Lipinski definition) is 6. The summed E-state index contributed by atoms with van der Waals surface area (Å²) in [4.78, 5) is 14.1. The van der Waals surface area contributed by atoms with Crippen LogP contribution in [0, 0.1) is 0 Å². The first-order valence-electron chi connectivity index (χ1n) is 6.77. The van der Waals surface area contributed by atoms with E-state index in [1.807, 2.05) is 0 Å². The second-order valence-corrected chi connectivity index (χ2v) is 7.62. The summed E-state index contributed by atoms with van der Waals surface area (Å²) < 4.78 is 24.6. The lowest BCUT2D eigenvalue weighted by molar-refractivity contribution is 0.0793. The van der Waals surface area contributed by atoms with E-state index in [2.05, 4.69) is 15.5 Å². The minimum atomic E-state index is -3.12. The van der Waals surface area contributed by atoms with Crippen LogP contribution in [0.25, 0.3) is 5.69 Å². The molecule has 9 heteroatoms. The topological polar surface area (TPSA) is 98.1 Å². The first-order valence-corrected chi connectivity index (χ1v) is 8.72. The number of sulfone groups is 1. The molecule has 1 amide bonds. The Labute approximate surface area is 127 Å². The van der Waals surface area contributed by atoms with Gasteiger partial charge >= 0.3 is 0 Å². The van der Waals surface area contributed by atoms with E-state index in [4.69, 9.17) is 0 Å². The van der Waals surface area contributed by atoms with Gasteiger partial charge in [-0.1, -0.05) is 6.07 Å². The summed E-state index contributed by atoms with van der Waals surface area (Å²) in [6.07, 6.45) is 3.14. The molecule has 0 bridgehead atoms. The smallest absolute Gasteiger partial charge is 0.253 e.